The van der Waals surface area contributed by atoms with Crippen molar-refractivity contribution < 1.29 is 4.79 Å². The molecular formula is C17H18N4O. The molecule has 3 N–H and O–H groups in total. The monoisotopic (exact) mass is 294 g/mol. The number of anilines is 1. The van der Waals surface area contributed by atoms with Crippen molar-refractivity contribution in [1.82, 2.24) is 9.97 Å². The Morgan fingerprint density at radius 2 is 2.00 bits per heavy atom. The third kappa shape index (κ3) is 2.71. The van der Waals surface area contributed by atoms with Crippen molar-refractivity contribution in [3.63, 3.8) is 0 Å². The zero-order chi connectivity index (χ0) is 15.5. The van der Waals surface area contributed by atoms with E-state index in [-0.39, 0.29) is 5.91 Å². The number of H-pyrrole nitrogens is 1. The van der Waals surface area contributed by atoms with Crippen molar-refractivity contribution in [2.75, 3.05) is 11.9 Å². The molecule has 0 radical (unpaired) electrons. The second-order valence-corrected chi connectivity index (χ2v) is 5.27. The molecule has 2 heterocycles. The van der Waals surface area contributed by atoms with Crippen LogP contribution in [0.5, 0.6) is 0 Å². The molecule has 5 nitrogen and oxygen atoms in total. The number of hydrogen-bond donors (Lipinski definition) is 2. The number of likely N-dealkylation sites (N-methyl/N-ethyl adjacent to an activating group) is 1. The number of carbonyl (C=O) groups excluding carboxylic acids is 1. The Kier molecular flexibility index (Phi) is 3.89. The molecule has 5 heteroatoms. The lowest BCUT2D eigenvalue weighted by atomic mass is 10.0. The minimum atomic E-state index is -0.586. The Morgan fingerprint density at radius 1 is 1.27 bits per heavy atom. The van der Waals surface area contributed by atoms with Crippen LogP contribution in [0.1, 0.15) is 5.56 Å². The molecule has 3 rings (SSSR count). The van der Waals surface area contributed by atoms with Crippen molar-refractivity contribution >= 4 is 22.5 Å². The Labute approximate surface area is 128 Å². The Bertz CT molecular complexity index is 781. The van der Waals surface area contributed by atoms with Crippen molar-refractivity contribution in [1.29, 1.82) is 0 Å². The molecule has 0 bridgehead atoms. The number of nitrogens with two attached hydrogens (primary N) is 1. The standard InChI is InChI=1S/C17H18N4O/c1-21(13-6-8-19-9-7-13)17(22)15(18)10-12-11-20-16-5-3-2-4-14(12)16/h2-9,11,15,20H,10,18H2,1H3/t15-/m0/s1. The van der Waals surface area contributed by atoms with E-state index in [0.717, 1.165) is 22.2 Å². The number of rotatable bonds is 4. The Hall–Kier alpha value is -2.66. The summed E-state index contributed by atoms with van der Waals surface area (Å²) < 4.78 is 0. The van der Waals surface area contributed by atoms with Crippen LogP contribution in [0.25, 0.3) is 10.9 Å². The third-order valence-corrected chi connectivity index (χ3v) is 3.81. The summed E-state index contributed by atoms with van der Waals surface area (Å²) in [5.74, 6) is -0.114. The molecule has 0 saturated heterocycles. The number of nitrogens with one attached hydrogen (secondary N) is 1. The number of amides is 1. The van der Waals surface area contributed by atoms with Gasteiger partial charge in [-0.2, -0.15) is 0 Å². The number of aromatic amines is 1. The van der Waals surface area contributed by atoms with Gasteiger partial charge in [0.15, 0.2) is 0 Å². The minimum Gasteiger partial charge on any atom is -0.361 e. The fourth-order valence-electron chi connectivity index (χ4n) is 2.57. The van der Waals surface area contributed by atoms with E-state index >= 15 is 0 Å². The zero-order valence-corrected chi connectivity index (χ0v) is 12.4. The van der Waals surface area contributed by atoms with Crippen LogP contribution >= 0.6 is 0 Å². The van der Waals surface area contributed by atoms with Gasteiger partial charge in [-0.15, -0.1) is 0 Å². The second-order valence-electron chi connectivity index (χ2n) is 5.27. The maximum Gasteiger partial charge on any atom is 0.243 e. The van der Waals surface area contributed by atoms with Crippen LogP contribution in [-0.4, -0.2) is 29.0 Å². The lowest BCUT2D eigenvalue weighted by Gasteiger charge is -2.21. The van der Waals surface area contributed by atoms with Gasteiger partial charge in [-0.1, -0.05) is 18.2 Å². The summed E-state index contributed by atoms with van der Waals surface area (Å²) in [4.78, 5) is 21.2. The first-order valence-electron chi connectivity index (χ1n) is 7.15. The largest absolute Gasteiger partial charge is 0.361 e. The van der Waals surface area contributed by atoms with E-state index in [0.29, 0.717) is 6.42 Å². The van der Waals surface area contributed by atoms with Crippen LogP contribution in [0.3, 0.4) is 0 Å². The number of hydrogen-bond acceptors (Lipinski definition) is 3. The molecule has 0 aliphatic heterocycles. The number of nitrogens with zero attached hydrogens (tertiary/aromatic N) is 2. The molecule has 22 heavy (non-hydrogen) atoms. The van der Waals surface area contributed by atoms with Gasteiger partial charge in [-0.25, -0.2) is 0 Å². The van der Waals surface area contributed by atoms with Gasteiger partial charge >= 0.3 is 0 Å². The second kappa shape index (κ2) is 5.99. The average Bonchev–Trinajstić information content (AvgIpc) is 2.97. The highest BCUT2D eigenvalue weighted by Gasteiger charge is 2.20. The highest BCUT2D eigenvalue weighted by molar-refractivity contribution is 5.97. The molecular weight excluding hydrogens is 276 g/mol. The molecule has 0 aliphatic carbocycles. The van der Waals surface area contributed by atoms with Gasteiger partial charge in [-0.05, 0) is 30.2 Å². The highest BCUT2D eigenvalue weighted by Crippen LogP contribution is 2.19. The molecule has 0 fully saturated rings. The van der Waals surface area contributed by atoms with E-state index in [1.54, 1.807) is 36.5 Å². The van der Waals surface area contributed by atoms with E-state index in [2.05, 4.69) is 9.97 Å². The van der Waals surface area contributed by atoms with Crippen LogP contribution in [0.2, 0.25) is 0 Å². The van der Waals surface area contributed by atoms with E-state index in [4.69, 9.17) is 5.73 Å². The summed E-state index contributed by atoms with van der Waals surface area (Å²) in [6.07, 6.45) is 5.73. The summed E-state index contributed by atoms with van der Waals surface area (Å²) in [5.41, 5.74) is 9.01. The quantitative estimate of drug-likeness (QED) is 0.773. The molecule has 112 valence electrons. The zero-order valence-electron chi connectivity index (χ0n) is 12.4. The average molecular weight is 294 g/mol. The van der Waals surface area contributed by atoms with Gasteiger partial charge in [-0.3, -0.25) is 9.78 Å². The van der Waals surface area contributed by atoms with Gasteiger partial charge in [0.2, 0.25) is 5.91 Å². The number of carbonyl (C=O) groups is 1. The van der Waals surface area contributed by atoms with Crippen LogP contribution in [0, 0.1) is 0 Å². The summed E-state index contributed by atoms with van der Waals surface area (Å²) in [5, 5.41) is 1.11. The minimum absolute atomic E-state index is 0.114. The smallest absolute Gasteiger partial charge is 0.243 e. The SMILES string of the molecule is CN(C(=O)[C@@H](N)Cc1c[nH]c2ccccc12)c1ccncc1. The fraction of sp³-hybridized carbons (Fsp3) is 0.176. The van der Waals surface area contributed by atoms with Gasteiger partial charge in [0.1, 0.15) is 0 Å². The molecule has 2 aromatic heterocycles. The molecule has 0 aliphatic rings. The van der Waals surface area contributed by atoms with Crippen molar-refractivity contribution in [2.45, 2.75) is 12.5 Å². The van der Waals surface area contributed by atoms with E-state index in [1.807, 2.05) is 30.5 Å². The van der Waals surface area contributed by atoms with Gasteiger partial charge in [0, 0.05) is 42.2 Å². The van der Waals surface area contributed by atoms with Crippen LogP contribution in [0.4, 0.5) is 5.69 Å². The van der Waals surface area contributed by atoms with E-state index in [1.165, 1.54) is 0 Å². The number of pyridine rings is 1. The predicted molar refractivity (Wildman–Crippen MR) is 87.6 cm³/mol. The summed E-state index contributed by atoms with van der Waals surface area (Å²) >= 11 is 0. The summed E-state index contributed by atoms with van der Waals surface area (Å²) in [6, 6.07) is 11.0. The number of para-hydroxylation sites is 1. The first-order valence-corrected chi connectivity index (χ1v) is 7.15. The van der Waals surface area contributed by atoms with Gasteiger partial charge in [0.25, 0.3) is 0 Å². The molecule has 1 atom stereocenters. The Morgan fingerprint density at radius 3 is 2.77 bits per heavy atom. The van der Waals surface area contributed by atoms with Gasteiger partial charge < -0.3 is 15.6 Å². The predicted octanol–water partition coefficient (Wildman–Crippen LogP) is 2.10. The highest BCUT2D eigenvalue weighted by atomic mass is 16.2. The fourth-order valence-corrected chi connectivity index (χ4v) is 2.57. The van der Waals surface area contributed by atoms with Crippen LogP contribution < -0.4 is 10.6 Å². The number of benzene rings is 1. The molecule has 1 amide bonds. The van der Waals surface area contributed by atoms with Crippen LogP contribution in [-0.2, 0) is 11.2 Å². The maximum atomic E-state index is 12.5. The maximum absolute atomic E-state index is 12.5. The number of fused-ring (bicyclic) bond motifs is 1. The summed E-state index contributed by atoms with van der Waals surface area (Å²) in [6.45, 7) is 0. The lowest BCUT2D eigenvalue weighted by Crippen LogP contribution is -2.43. The lowest BCUT2D eigenvalue weighted by molar-refractivity contribution is -0.119. The van der Waals surface area contributed by atoms with Crippen molar-refractivity contribution in [2.24, 2.45) is 5.73 Å². The normalized spacial score (nSPS) is 12.3. The number of aromatic nitrogens is 2. The van der Waals surface area contributed by atoms with Gasteiger partial charge in [0.05, 0.1) is 6.04 Å². The topological polar surface area (TPSA) is 75.0 Å². The van der Waals surface area contributed by atoms with Crippen LogP contribution in [0.15, 0.2) is 55.0 Å². The third-order valence-electron chi connectivity index (χ3n) is 3.81. The van der Waals surface area contributed by atoms with Crippen molar-refractivity contribution in [3.8, 4) is 0 Å². The van der Waals surface area contributed by atoms with E-state index < -0.39 is 6.04 Å². The molecule has 3 aromatic rings. The Balaban J connectivity index is 1.76. The van der Waals surface area contributed by atoms with Crippen molar-refractivity contribution in [3.05, 3.63) is 60.6 Å². The first-order chi connectivity index (χ1) is 10.7. The molecule has 1 aromatic carbocycles. The molecule has 0 spiro atoms. The summed E-state index contributed by atoms with van der Waals surface area (Å²) in [7, 11) is 1.73. The molecule has 0 saturated carbocycles. The molecule has 0 unspecified atom stereocenters. The first kappa shape index (κ1) is 14.3. The van der Waals surface area contributed by atoms with E-state index in [9.17, 15) is 4.79 Å².